The van der Waals surface area contributed by atoms with Crippen LogP contribution in [0.1, 0.15) is 75.5 Å². The molecule has 3 aliphatic heterocycles. The number of carbonyl (C=O) groups is 4. The molecule has 2 aromatic carbocycles. The molecule has 1 unspecified atom stereocenters. The summed E-state index contributed by atoms with van der Waals surface area (Å²) in [5.41, 5.74) is 8.27. The van der Waals surface area contributed by atoms with E-state index in [0.717, 1.165) is 29.5 Å². The molecule has 9 nitrogen and oxygen atoms in total. The first-order valence-electron chi connectivity index (χ1n) is 14.6. The molecule has 4 atom stereocenters. The molecule has 1 saturated heterocycles. The van der Waals surface area contributed by atoms with Crippen molar-refractivity contribution in [1.29, 1.82) is 0 Å². The molecule has 5 rings (SSSR count). The molecule has 41 heavy (non-hydrogen) atoms. The van der Waals surface area contributed by atoms with Crippen molar-refractivity contribution in [1.82, 2.24) is 9.80 Å². The highest BCUT2D eigenvalue weighted by molar-refractivity contribution is 6.08. The lowest BCUT2D eigenvalue weighted by Crippen LogP contribution is -2.55. The fraction of sp³-hybridized carbons (Fsp3) is 0.500. The van der Waals surface area contributed by atoms with Gasteiger partial charge in [0.05, 0.1) is 5.41 Å². The predicted molar refractivity (Wildman–Crippen MR) is 155 cm³/mol. The summed E-state index contributed by atoms with van der Waals surface area (Å²) in [6.07, 6.45) is 2.36. The van der Waals surface area contributed by atoms with Crippen molar-refractivity contribution in [3.8, 4) is 0 Å². The smallest absolute Gasteiger partial charge is 0.410 e. The Kier molecular flexibility index (Phi) is 8.07. The van der Waals surface area contributed by atoms with Crippen LogP contribution in [0.2, 0.25) is 0 Å². The van der Waals surface area contributed by atoms with Gasteiger partial charge in [-0.1, -0.05) is 69.7 Å². The predicted octanol–water partition coefficient (Wildman–Crippen LogP) is 4.30. The molecule has 3 aliphatic rings. The normalized spacial score (nSPS) is 26.1. The van der Waals surface area contributed by atoms with Crippen LogP contribution in [0.4, 0.5) is 10.5 Å². The van der Waals surface area contributed by atoms with Crippen molar-refractivity contribution in [2.24, 2.45) is 11.7 Å². The Labute approximate surface area is 241 Å². The first-order chi connectivity index (χ1) is 19.6. The third-order valence-corrected chi connectivity index (χ3v) is 8.86. The minimum Gasteiger partial charge on any atom is -0.445 e. The van der Waals surface area contributed by atoms with Gasteiger partial charge in [-0.3, -0.25) is 19.3 Å². The summed E-state index contributed by atoms with van der Waals surface area (Å²) in [4.78, 5) is 57.3. The number of carbonyl (C=O) groups excluding carboxylic acids is 4. The maximum atomic E-state index is 14.4. The molecule has 4 bridgehead atoms. The van der Waals surface area contributed by atoms with E-state index in [9.17, 15) is 19.2 Å². The minimum atomic E-state index is -1.08. The number of rotatable bonds is 5. The quantitative estimate of drug-likeness (QED) is 0.565. The van der Waals surface area contributed by atoms with E-state index in [-0.39, 0.29) is 43.2 Å². The number of benzene rings is 2. The van der Waals surface area contributed by atoms with Gasteiger partial charge in [0.25, 0.3) is 0 Å². The molecule has 0 aliphatic carbocycles. The van der Waals surface area contributed by atoms with Crippen molar-refractivity contribution >= 4 is 29.5 Å². The van der Waals surface area contributed by atoms with Crippen LogP contribution < -0.4 is 11.1 Å². The average molecular weight is 561 g/mol. The Hall–Kier alpha value is -3.88. The van der Waals surface area contributed by atoms with Crippen LogP contribution >= 0.6 is 0 Å². The average Bonchev–Trinajstić information content (AvgIpc) is 3.48. The Balaban J connectivity index is 1.54. The second-order valence-electron chi connectivity index (χ2n) is 12.2. The maximum absolute atomic E-state index is 14.4. The maximum Gasteiger partial charge on any atom is 0.410 e. The molecule has 0 aromatic heterocycles. The summed E-state index contributed by atoms with van der Waals surface area (Å²) in [6, 6.07) is 13.6. The van der Waals surface area contributed by atoms with Gasteiger partial charge in [0.1, 0.15) is 18.7 Å². The number of ether oxygens (including phenoxy) is 1. The highest BCUT2D eigenvalue weighted by Gasteiger charge is 2.58. The van der Waals surface area contributed by atoms with Crippen molar-refractivity contribution in [2.45, 2.75) is 82.9 Å². The molecule has 1 spiro atoms. The number of hydrogen-bond donors (Lipinski definition) is 2. The topological polar surface area (TPSA) is 122 Å². The summed E-state index contributed by atoms with van der Waals surface area (Å²) in [5.74, 6) is -0.961. The molecule has 3 N–H and O–H groups in total. The summed E-state index contributed by atoms with van der Waals surface area (Å²) in [6.45, 7) is 6.60. The van der Waals surface area contributed by atoms with Gasteiger partial charge in [-0.05, 0) is 60.3 Å². The van der Waals surface area contributed by atoms with E-state index in [1.54, 1.807) is 0 Å². The molecule has 0 saturated carbocycles. The van der Waals surface area contributed by atoms with E-state index in [4.69, 9.17) is 10.5 Å². The lowest BCUT2D eigenvalue weighted by molar-refractivity contribution is -0.142. The van der Waals surface area contributed by atoms with Crippen molar-refractivity contribution < 1.29 is 23.9 Å². The molecule has 1 fully saturated rings. The number of nitrogens with zero attached hydrogens (tertiary/aromatic N) is 2. The number of nitrogens with two attached hydrogens (primary N) is 1. The van der Waals surface area contributed by atoms with E-state index in [0.29, 0.717) is 25.1 Å². The summed E-state index contributed by atoms with van der Waals surface area (Å²) in [7, 11) is 0. The molecule has 4 amide bonds. The van der Waals surface area contributed by atoms with Crippen LogP contribution in [0.25, 0.3) is 0 Å². The fourth-order valence-corrected chi connectivity index (χ4v) is 6.56. The monoisotopic (exact) mass is 560 g/mol. The van der Waals surface area contributed by atoms with Crippen molar-refractivity contribution in [3.63, 3.8) is 0 Å². The third kappa shape index (κ3) is 5.54. The van der Waals surface area contributed by atoms with E-state index in [2.05, 4.69) is 18.3 Å². The van der Waals surface area contributed by atoms with Gasteiger partial charge in [0.15, 0.2) is 0 Å². The van der Waals surface area contributed by atoms with E-state index >= 15 is 0 Å². The fourth-order valence-electron chi connectivity index (χ4n) is 6.56. The zero-order chi connectivity index (χ0) is 29.3. The van der Waals surface area contributed by atoms with Gasteiger partial charge in [0.2, 0.25) is 17.7 Å². The second kappa shape index (κ2) is 11.5. The van der Waals surface area contributed by atoms with Crippen molar-refractivity contribution in [2.75, 3.05) is 18.4 Å². The van der Waals surface area contributed by atoms with Gasteiger partial charge < -0.3 is 20.7 Å². The Morgan fingerprint density at radius 2 is 1.88 bits per heavy atom. The zero-order valence-electron chi connectivity index (χ0n) is 24.1. The summed E-state index contributed by atoms with van der Waals surface area (Å²) < 4.78 is 5.73. The highest BCUT2D eigenvalue weighted by Crippen LogP contribution is 2.48. The first-order valence-corrected chi connectivity index (χ1v) is 14.6. The Bertz CT molecular complexity index is 1330. The van der Waals surface area contributed by atoms with Gasteiger partial charge in [-0.15, -0.1) is 0 Å². The van der Waals surface area contributed by atoms with Gasteiger partial charge in [-0.25, -0.2) is 4.79 Å². The van der Waals surface area contributed by atoms with Crippen LogP contribution in [0.3, 0.4) is 0 Å². The van der Waals surface area contributed by atoms with E-state index < -0.39 is 29.5 Å². The van der Waals surface area contributed by atoms with Crippen LogP contribution in [-0.4, -0.2) is 58.8 Å². The van der Waals surface area contributed by atoms with Crippen LogP contribution in [-0.2, 0) is 31.1 Å². The number of nitrogens with one attached hydrogen (secondary N) is 1. The Morgan fingerprint density at radius 3 is 2.59 bits per heavy atom. The molecule has 0 radical (unpaired) electrons. The van der Waals surface area contributed by atoms with Crippen LogP contribution in [0.15, 0.2) is 48.5 Å². The standard InChI is InChI=1S/C32H40N4O5/c1-20(2)15-26-29(38)36-19-32(17-27(36)28(33)37)24-16-23(12-13-25(24)34-30(32)39)21(3)9-7-8-14-35(26)31(40)41-18-22-10-5-4-6-11-22/h4-6,10-13,16,20-21,26-27H,7-9,14-15,17-19H2,1-3H3,(H2,33,37)(H,34,39)/t21?,26-,27-,32-/m0/s1. The van der Waals surface area contributed by atoms with Crippen LogP contribution in [0, 0.1) is 5.92 Å². The molecule has 3 heterocycles. The summed E-state index contributed by atoms with van der Waals surface area (Å²) >= 11 is 0. The minimum absolute atomic E-state index is 0.0254. The number of hydrogen-bond acceptors (Lipinski definition) is 5. The van der Waals surface area contributed by atoms with Gasteiger partial charge in [-0.2, -0.15) is 0 Å². The lowest BCUT2D eigenvalue weighted by atomic mass is 9.78. The molecule has 218 valence electrons. The highest BCUT2D eigenvalue weighted by atomic mass is 16.6. The number of primary amides is 1. The first kappa shape index (κ1) is 28.6. The molecule has 9 heteroatoms. The number of fused-ring (bicyclic) bond motifs is 2. The summed E-state index contributed by atoms with van der Waals surface area (Å²) in [5, 5.41) is 2.98. The third-order valence-electron chi connectivity index (χ3n) is 8.86. The van der Waals surface area contributed by atoms with E-state index in [1.165, 1.54) is 9.80 Å². The largest absolute Gasteiger partial charge is 0.445 e. The molecular weight excluding hydrogens is 520 g/mol. The molecule has 2 aromatic rings. The van der Waals surface area contributed by atoms with Crippen LogP contribution in [0.5, 0.6) is 0 Å². The SMILES string of the molecule is CC(C)C[C@H]1C(=O)N2C[C@]3(C[C@H]2C(N)=O)C(=O)Nc2ccc(cc23)C(C)CCCCN1C(=O)OCc1ccccc1. The number of anilines is 1. The van der Waals surface area contributed by atoms with Crippen molar-refractivity contribution in [3.05, 3.63) is 65.2 Å². The molecular formula is C32H40N4O5. The van der Waals surface area contributed by atoms with Gasteiger partial charge >= 0.3 is 6.09 Å². The second-order valence-corrected chi connectivity index (χ2v) is 12.2. The Morgan fingerprint density at radius 1 is 1.12 bits per heavy atom. The zero-order valence-corrected chi connectivity index (χ0v) is 24.1. The van der Waals surface area contributed by atoms with Gasteiger partial charge in [0, 0.05) is 18.8 Å². The lowest BCUT2D eigenvalue weighted by Gasteiger charge is -2.35. The van der Waals surface area contributed by atoms with E-state index in [1.807, 2.05) is 56.3 Å². The number of amides is 4.